The Labute approximate surface area is 225 Å². The second kappa shape index (κ2) is 13.7. The van der Waals surface area contributed by atoms with Crippen molar-refractivity contribution in [1.82, 2.24) is 0 Å². The molecule has 1 heterocycles. The molecule has 1 unspecified atom stereocenters. The fourth-order valence-corrected chi connectivity index (χ4v) is 7.14. The van der Waals surface area contributed by atoms with Gasteiger partial charge in [-0.15, -0.1) is 11.8 Å². The van der Waals surface area contributed by atoms with Gasteiger partial charge in [0.1, 0.15) is 28.0 Å². The van der Waals surface area contributed by atoms with Gasteiger partial charge in [-0.3, -0.25) is 0 Å². The Kier molecular flexibility index (Phi) is 10.1. The molecule has 0 saturated carbocycles. The molecule has 0 saturated heterocycles. The van der Waals surface area contributed by atoms with E-state index < -0.39 is 16.5 Å². The van der Waals surface area contributed by atoms with Crippen LogP contribution in [0.2, 0.25) is 0 Å². The fourth-order valence-electron chi connectivity index (χ4n) is 4.18. The molecule has 4 rings (SSSR count). The Morgan fingerprint density at radius 2 is 1.51 bits per heavy atom. The van der Waals surface area contributed by atoms with Crippen molar-refractivity contribution < 1.29 is 13.5 Å². The summed E-state index contributed by atoms with van der Waals surface area (Å²) in [6, 6.07) is 22.2. The molecule has 3 aromatic carbocycles. The number of unbranched alkanes of at least 4 members (excludes halogenated alkanes) is 5. The lowest BCUT2D eigenvalue weighted by Gasteiger charge is -2.09. The first-order valence-electron chi connectivity index (χ1n) is 13.0. The van der Waals surface area contributed by atoms with E-state index in [4.69, 9.17) is 9.15 Å². The average Bonchev–Trinajstić information content (AvgIpc) is 2.91. The molecule has 0 aliphatic heterocycles. The summed E-state index contributed by atoms with van der Waals surface area (Å²) in [5.41, 5.74) is 0.0964. The van der Waals surface area contributed by atoms with Crippen LogP contribution in [0.1, 0.15) is 52.4 Å². The summed E-state index contributed by atoms with van der Waals surface area (Å²) in [5.74, 6) is 1.47. The number of halogens is 1. The number of fused-ring (bicyclic) bond motifs is 1. The zero-order valence-electron chi connectivity index (χ0n) is 21.5. The summed E-state index contributed by atoms with van der Waals surface area (Å²) < 4.78 is 25.0. The molecule has 0 N–H and O–H groups in total. The molecule has 0 radical (unpaired) electrons. The van der Waals surface area contributed by atoms with Crippen molar-refractivity contribution in [2.24, 2.45) is 0 Å². The molecule has 0 spiro atoms. The molecule has 1 aromatic heterocycles. The van der Waals surface area contributed by atoms with Crippen molar-refractivity contribution in [2.45, 2.75) is 72.0 Å². The summed E-state index contributed by atoms with van der Waals surface area (Å²) in [7, 11) is -0.733. The van der Waals surface area contributed by atoms with Crippen molar-refractivity contribution in [1.29, 1.82) is 0 Å². The molecule has 6 heteroatoms. The Balaban J connectivity index is 1.59. The van der Waals surface area contributed by atoms with Crippen LogP contribution in [0.15, 0.2) is 102 Å². The van der Waals surface area contributed by atoms with E-state index in [1.54, 1.807) is 18.2 Å². The predicted molar refractivity (Wildman–Crippen MR) is 153 cm³/mol. The minimum atomic E-state index is -0.733. The number of thioether (sulfide) groups is 1. The van der Waals surface area contributed by atoms with Crippen molar-refractivity contribution in [3.63, 3.8) is 0 Å². The average molecular weight is 538 g/mol. The Hall–Kier alpha value is -2.70. The lowest BCUT2D eigenvalue weighted by atomic mass is 10.1. The first kappa shape index (κ1) is 27.3. The number of rotatable bonds is 13. The highest BCUT2D eigenvalue weighted by Gasteiger charge is 2.33. The van der Waals surface area contributed by atoms with Crippen molar-refractivity contribution in [2.75, 3.05) is 12.4 Å². The van der Waals surface area contributed by atoms with Gasteiger partial charge in [-0.1, -0.05) is 39.0 Å². The maximum absolute atomic E-state index is 13.7. The van der Waals surface area contributed by atoms with Crippen molar-refractivity contribution in [3.8, 4) is 5.75 Å². The van der Waals surface area contributed by atoms with E-state index >= 15 is 0 Å². The van der Waals surface area contributed by atoms with Crippen molar-refractivity contribution in [3.05, 3.63) is 89.0 Å². The van der Waals surface area contributed by atoms with E-state index in [0.29, 0.717) is 22.8 Å². The lowest BCUT2D eigenvalue weighted by Crippen LogP contribution is -2.15. The quantitative estimate of drug-likeness (QED) is 0.0739. The minimum absolute atomic E-state index is 0.303. The summed E-state index contributed by atoms with van der Waals surface area (Å²) in [4.78, 5) is 16.8. The van der Waals surface area contributed by atoms with Crippen LogP contribution in [-0.4, -0.2) is 12.4 Å². The monoisotopic (exact) mass is 537 g/mol. The van der Waals surface area contributed by atoms with Gasteiger partial charge < -0.3 is 9.15 Å². The minimum Gasteiger partial charge on any atom is -0.494 e. The molecular formula is C31H34FO3S2+. The van der Waals surface area contributed by atoms with Gasteiger partial charge in [0, 0.05) is 22.4 Å². The van der Waals surface area contributed by atoms with Gasteiger partial charge in [-0.05, 0) is 79.8 Å². The number of hydrogen-bond donors (Lipinski definition) is 0. The van der Waals surface area contributed by atoms with Crippen LogP contribution < -0.4 is 10.4 Å². The zero-order valence-corrected chi connectivity index (χ0v) is 23.1. The smallest absolute Gasteiger partial charge is 0.393 e. The lowest BCUT2D eigenvalue weighted by molar-refractivity contribution is 0.340. The highest BCUT2D eigenvalue weighted by molar-refractivity contribution is 7.99. The van der Waals surface area contributed by atoms with Gasteiger partial charge in [-0.25, -0.2) is 9.18 Å². The SMILES string of the molecule is CCCCCCCCSc1ccc([S+](c2ccc(F)cc2)c2cc3ccc(OCC)cc3oc2=O)cc1. The molecule has 37 heavy (non-hydrogen) atoms. The van der Waals surface area contributed by atoms with Gasteiger partial charge in [-0.2, -0.15) is 0 Å². The molecule has 194 valence electrons. The van der Waals surface area contributed by atoms with E-state index in [2.05, 4.69) is 31.2 Å². The fraction of sp³-hybridized carbons (Fsp3) is 0.323. The maximum atomic E-state index is 13.7. The third-order valence-corrected chi connectivity index (χ3v) is 9.39. The van der Waals surface area contributed by atoms with Gasteiger partial charge in [0.05, 0.1) is 6.61 Å². The molecule has 3 nitrogen and oxygen atoms in total. The van der Waals surface area contributed by atoms with E-state index in [9.17, 15) is 9.18 Å². The second-order valence-electron chi connectivity index (χ2n) is 8.88. The van der Waals surface area contributed by atoms with Crippen LogP contribution in [0.4, 0.5) is 4.39 Å². The zero-order chi connectivity index (χ0) is 26.0. The summed E-state index contributed by atoms with van der Waals surface area (Å²) in [6.45, 7) is 4.69. The summed E-state index contributed by atoms with van der Waals surface area (Å²) in [5, 5.41) is 0.823. The third kappa shape index (κ3) is 7.42. The van der Waals surface area contributed by atoms with Crippen LogP contribution in [0.25, 0.3) is 11.0 Å². The maximum Gasteiger partial charge on any atom is 0.393 e. The van der Waals surface area contributed by atoms with E-state index in [0.717, 1.165) is 20.9 Å². The molecular weight excluding hydrogens is 503 g/mol. The van der Waals surface area contributed by atoms with Gasteiger partial charge in [0.15, 0.2) is 9.79 Å². The Bertz CT molecular complexity index is 1330. The van der Waals surface area contributed by atoms with E-state index in [1.807, 2.05) is 36.9 Å². The predicted octanol–water partition coefficient (Wildman–Crippen LogP) is 8.88. The van der Waals surface area contributed by atoms with Crippen LogP contribution in [0, 0.1) is 5.82 Å². The molecule has 0 amide bonds. The topological polar surface area (TPSA) is 39.4 Å². The second-order valence-corrected chi connectivity index (χ2v) is 12.0. The first-order chi connectivity index (χ1) is 18.1. The number of ether oxygens (including phenoxy) is 1. The van der Waals surface area contributed by atoms with Gasteiger partial charge in [0.2, 0.25) is 0 Å². The normalized spacial score (nSPS) is 12.1. The largest absolute Gasteiger partial charge is 0.494 e. The first-order valence-corrected chi connectivity index (χ1v) is 15.2. The number of hydrogen-bond acceptors (Lipinski definition) is 4. The summed E-state index contributed by atoms with van der Waals surface area (Å²) >= 11 is 1.87. The van der Waals surface area contributed by atoms with Crippen molar-refractivity contribution >= 4 is 33.6 Å². The van der Waals surface area contributed by atoms with E-state index in [-0.39, 0.29) is 5.82 Å². The van der Waals surface area contributed by atoms with Crippen LogP contribution in [0.5, 0.6) is 5.75 Å². The highest BCUT2D eigenvalue weighted by atomic mass is 32.2. The molecule has 0 bridgehead atoms. The van der Waals surface area contributed by atoms with Gasteiger partial charge in [0.25, 0.3) is 4.90 Å². The van der Waals surface area contributed by atoms with Gasteiger partial charge >= 0.3 is 5.63 Å². The molecule has 1 atom stereocenters. The molecule has 4 aromatic rings. The Morgan fingerprint density at radius 3 is 2.22 bits per heavy atom. The summed E-state index contributed by atoms with van der Waals surface area (Å²) in [6.07, 6.45) is 7.75. The molecule has 0 aliphatic carbocycles. The molecule has 0 aliphatic rings. The molecule has 0 fully saturated rings. The van der Waals surface area contributed by atoms with E-state index in [1.165, 1.54) is 55.6 Å². The number of benzene rings is 3. The van der Waals surface area contributed by atoms with Crippen LogP contribution in [0.3, 0.4) is 0 Å². The van der Waals surface area contributed by atoms with Crippen LogP contribution >= 0.6 is 11.8 Å². The Morgan fingerprint density at radius 1 is 0.838 bits per heavy atom. The third-order valence-electron chi connectivity index (χ3n) is 6.08. The standard InChI is InChI=1S/C31H34FO3S2/c1-3-5-6-7-8-9-20-36-26-14-18-28(19-15-26)37(27-16-11-24(32)12-17-27)30-21-23-10-13-25(34-4-2)22-29(23)35-31(30)33/h10-19,21-22H,3-9,20H2,1-2H3/q+1. The highest BCUT2D eigenvalue weighted by Crippen LogP contribution is 2.33. The van der Waals surface area contributed by atoms with Crippen LogP contribution in [-0.2, 0) is 10.9 Å².